The maximum Gasteiger partial charge on any atom is 0.316 e. The van der Waals surface area contributed by atoms with Crippen molar-refractivity contribution in [3.63, 3.8) is 0 Å². The van der Waals surface area contributed by atoms with E-state index in [0.29, 0.717) is 11.5 Å². The van der Waals surface area contributed by atoms with Crippen LogP contribution in [0.5, 0.6) is 0 Å². The van der Waals surface area contributed by atoms with Gasteiger partial charge in [-0.3, -0.25) is 0 Å². The highest BCUT2D eigenvalue weighted by Crippen LogP contribution is 2.34. The molecule has 1 aliphatic carbocycles. The molecule has 0 heterocycles. The van der Waals surface area contributed by atoms with Gasteiger partial charge in [-0.1, -0.05) is 26.3 Å². The standard InChI is InChI=1S/C16H25N3O/c1-16(2)9-4-7-12(8-10-16)18-13-5-3-6-14(11-13)19-15(17)20/h3,5-6,11-12,18H,4,7-10H2,1-2H3,(H3,17,19,20). The van der Waals surface area contributed by atoms with Crippen molar-refractivity contribution in [1.29, 1.82) is 0 Å². The van der Waals surface area contributed by atoms with Crippen molar-refractivity contribution in [2.24, 2.45) is 11.1 Å². The number of rotatable bonds is 3. The van der Waals surface area contributed by atoms with Crippen LogP contribution in [0.25, 0.3) is 0 Å². The maximum absolute atomic E-state index is 10.9. The van der Waals surface area contributed by atoms with E-state index in [1.807, 2.05) is 24.3 Å². The molecule has 4 N–H and O–H groups in total. The molecule has 0 bridgehead atoms. The molecule has 20 heavy (non-hydrogen) atoms. The molecular weight excluding hydrogens is 250 g/mol. The van der Waals surface area contributed by atoms with Crippen molar-refractivity contribution in [3.8, 4) is 0 Å². The number of amides is 2. The van der Waals surface area contributed by atoms with Crippen LogP contribution in [-0.4, -0.2) is 12.1 Å². The lowest BCUT2D eigenvalue weighted by Crippen LogP contribution is -2.21. The van der Waals surface area contributed by atoms with Crippen molar-refractivity contribution in [2.45, 2.75) is 52.0 Å². The fourth-order valence-corrected chi connectivity index (χ4v) is 2.87. The summed E-state index contributed by atoms with van der Waals surface area (Å²) in [6, 6.07) is 7.71. The maximum atomic E-state index is 10.9. The lowest BCUT2D eigenvalue weighted by Gasteiger charge is -2.22. The third-order valence-corrected chi connectivity index (χ3v) is 4.08. The highest BCUT2D eigenvalue weighted by molar-refractivity contribution is 5.88. The molecule has 110 valence electrons. The van der Waals surface area contributed by atoms with Crippen LogP contribution in [0.2, 0.25) is 0 Å². The summed E-state index contributed by atoms with van der Waals surface area (Å²) in [6.07, 6.45) is 6.22. The largest absolute Gasteiger partial charge is 0.382 e. The summed E-state index contributed by atoms with van der Waals surface area (Å²) in [7, 11) is 0. The van der Waals surface area contributed by atoms with Gasteiger partial charge in [0.1, 0.15) is 0 Å². The summed E-state index contributed by atoms with van der Waals surface area (Å²) >= 11 is 0. The highest BCUT2D eigenvalue weighted by Gasteiger charge is 2.24. The Bertz CT molecular complexity index is 471. The van der Waals surface area contributed by atoms with E-state index in [2.05, 4.69) is 24.5 Å². The Balaban J connectivity index is 1.97. The number of nitrogens with two attached hydrogens (primary N) is 1. The first-order valence-corrected chi connectivity index (χ1v) is 7.38. The van der Waals surface area contributed by atoms with Gasteiger partial charge in [-0.25, -0.2) is 4.79 Å². The van der Waals surface area contributed by atoms with Gasteiger partial charge in [0.05, 0.1) is 0 Å². The number of benzene rings is 1. The van der Waals surface area contributed by atoms with Crippen LogP contribution in [-0.2, 0) is 0 Å². The fourth-order valence-electron chi connectivity index (χ4n) is 2.87. The Kier molecular flexibility index (Phi) is 4.53. The van der Waals surface area contributed by atoms with Gasteiger partial charge in [-0.15, -0.1) is 0 Å². The second kappa shape index (κ2) is 6.16. The number of carbonyl (C=O) groups excluding carboxylic acids is 1. The SMILES string of the molecule is CC1(C)CCCC(Nc2cccc(NC(N)=O)c2)CC1. The molecular formula is C16H25N3O. The van der Waals surface area contributed by atoms with E-state index >= 15 is 0 Å². The average Bonchev–Trinajstić information content (AvgIpc) is 2.51. The van der Waals surface area contributed by atoms with Crippen LogP contribution in [0.3, 0.4) is 0 Å². The molecule has 0 aromatic heterocycles. The Morgan fingerprint density at radius 1 is 1.25 bits per heavy atom. The number of nitrogens with one attached hydrogen (secondary N) is 2. The van der Waals surface area contributed by atoms with E-state index in [0.717, 1.165) is 11.4 Å². The number of anilines is 2. The van der Waals surface area contributed by atoms with Gasteiger partial charge < -0.3 is 16.4 Å². The van der Waals surface area contributed by atoms with Crippen LogP contribution in [0.15, 0.2) is 24.3 Å². The first-order valence-electron chi connectivity index (χ1n) is 7.38. The van der Waals surface area contributed by atoms with Crippen molar-refractivity contribution in [3.05, 3.63) is 24.3 Å². The Morgan fingerprint density at radius 2 is 2.00 bits per heavy atom. The van der Waals surface area contributed by atoms with E-state index in [9.17, 15) is 4.79 Å². The first-order chi connectivity index (χ1) is 9.44. The lowest BCUT2D eigenvalue weighted by molar-refractivity contribution is 0.259. The van der Waals surface area contributed by atoms with Crippen molar-refractivity contribution >= 4 is 17.4 Å². The minimum absolute atomic E-state index is 0.464. The summed E-state index contributed by atoms with van der Waals surface area (Å²) in [5.74, 6) is 0. The molecule has 4 heteroatoms. The topological polar surface area (TPSA) is 67.2 Å². The van der Waals surface area contributed by atoms with Gasteiger partial charge >= 0.3 is 6.03 Å². The zero-order valence-electron chi connectivity index (χ0n) is 12.4. The van der Waals surface area contributed by atoms with E-state index in [1.165, 1.54) is 32.1 Å². The third kappa shape index (κ3) is 4.44. The van der Waals surface area contributed by atoms with E-state index in [1.54, 1.807) is 0 Å². The zero-order valence-corrected chi connectivity index (χ0v) is 12.4. The minimum atomic E-state index is -0.529. The molecule has 2 rings (SSSR count). The molecule has 0 aliphatic heterocycles. The summed E-state index contributed by atoms with van der Waals surface area (Å²) < 4.78 is 0. The summed E-state index contributed by atoms with van der Waals surface area (Å²) in [5.41, 5.74) is 7.38. The third-order valence-electron chi connectivity index (χ3n) is 4.08. The van der Waals surface area contributed by atoms with E-state index < -0.39 is 6.03 Å². The first kappa shape index (κ1) is 14.7. The van der Waals surface area contributed by atoms with Crippen LogP contribution >= 0.6 is 0 Å². The molecule has 2 amide bonds. The van der Waals surface area contributed by atoms with Crippen molar-refractivity contribution < 1.29 is 4.79 Å². The van der Waals surface area contributed by atoms with Crippen LogP contribution < -0.4 is 16.4 Å². The Labute approximate surface area is 121 Å². The molecule has 1 fully saturated rings. The molecule has 1 atom stereocenters. The average molecular weight is 275 g/mol. The van der Waals surface area contributed by atoms with Gasteiger partial charge in [-0.2, -0.15) is 0 Å². The molecule has 1 aliphatic rings. The van der Waals surface area contributed by atoms with Crippen molar-refractivity contribution in [1.82, 2.24) is 0 Å². The predicted molar refractivity (Wildman–Crippen MR) is 83.9 cm³/mol. The second-order valence-corrected chi connectivity index (χ2v) is 6.51. The number of primary amides is 1. The normalized spacial score (nSPS) is 21.8. The van der Waals surface area contributed by atoms with Crippen LogP contribution in [0, 0.1) is 5.41 Å². The summed E-state index contributed by atoms with van der Waals surface area (Å²) in [5, 5.41) is 6.19. The van der Waals surface area contributed by atoms with Gasteiger partial charge in [0, 0.05) is 17.4 Å². The smallest absolute Gasteiger partial charge is 0.316 e. The van der Waals surface area contributed by atoms with Crippen LogP contribution in [0.1, 0.15) is 46.0 Å². The quantitative estimate of drug-likeness (QED) is 0.731. The monoisotopic (exact) mass is 275 g/mol. The van der Waals surface area contributed by atoms with Gasteiger partial charge in [0.15, 0.2) is 0 Å². The summed E-state index contributed by atoms with van der Waals surface area (Å²) in [6.45, 7) is 4.71. The Morgan fingerprint density at radius 3 is 2.75 bits per heavy atom. The number of hydrogen-bond acceptors (Lipinski definition) is 2. The Hall–Kier alpha value is -1.71. The van der Waals surface area contributed by atoms with E-state index in [-0.39, 0.29) is 0 Å². The predicted octanol–water partition coefficient (Wildman–Crippen LogP) is 3.95. The highest BCUT2D eigenvalue weighted by atomic mass is 16.2. The minimum Gasteiger partial charge on any atom is -0.382 e. The molecule has 0 saturated heterocycles. The number of urea groups is 1. The zero-order chi connectivity index (χ0) is 14.6. The molecule has 4 nitrogen and oxygen atoms in total. The summed E-state index contributed by atoms with van der Waals surface area (Å²) in [4.78, 5) is 10.9. The molecule has 1 unspecified atom stereocenters. The van der Waals surface area contributed by atoms with Crippen LogP contribution in [0.4, 0.5) is 16.2 Å². The molecule has 1 saturated carbocycles. The van der Waals surface area contributed by atoms with Gasteiger partial charge in [0.25, 0.3) is 0 Å². The number of carbonyl (C=O) groups is 1. The molecule has 1 aromatic carbocycles. The molecule has 0 radical (unpaired) electrons. The molecule has 1 aromatic rings. The van der Waals surface area contributed by atoms with Crippen molar-refractivity contribution in [2.75, 3.05) is 10.6 Å². The molecule has 0 spiro atoms. The fraction of sp³-hybridized carbons (Fsp3) is 0.562. The van der Waals surface area contributed by atoms with E-state index in [4.69, 9.17) is 5.73 Å². The lowest BCUT2D eigenvalue weighted by atomic mass is 9.85. The second-order valence-electron chi connectivity index (χ2n) is 6.51. The van der Waals surface area contributed by atoms with Gasteiger partial charge in [-0.05, 0) is 49.3 Å². The van der Waals surface area contributed by atoms with Gasteiger partial charge in [0.2, 0.25) is 0 Å². The number of hydrogen-bond donors (Lipinski definition) is 3.